The summed E-state index contributed by atoms with van der Waals surface area (Å²) >= 11 is 0. The first-order valence-electron chi connectivity index (χ1n) is 9.89. The van der Waals surface area contributed by atoms with E-state index < -0.39 is 0 Å². The highest BCUT2D eigenvalue weighted by atomic mass is 16.5. The quantitative estimate of drug-likeness (QED) is 0.828. The Morgan fingerprint density at radius 2 is 1.77 bits per heavy atom. The number of benzene rings is 1. The summed E-state index contributed by atoms with van der Waals surface area (Å²) in [6.07, 6.45) is 1.23. The number of piperazine rings is 1. The van der Waals surface area contributed by atoms with E-state index in [1.165, 1.54) is 12.1 Å². The second kappa shape index (κ2) is 8.30. The van der Waals surface area contributed by atoms with Gasteiger partial charge in [-0.2, -0.15) is 0 Å². The van der Waals surface area contributed by atoms with Crippen molar-refractivity contribution in [1.82, 2.24) is 9.80 Å². The minimum atomic E-state index is -0.0278. The van der Waals surface area contributed by atoms with Crippen LogP contribution in [0.4, 0.5) is 5.69 Å². The van der Waals surface area contributed by atoms with Gasteiger partial charge in [0.25, 0.3) is 0 Å². The van der Waals surface area contributed by atoms with Crippen LogP contribution >= 0.6 is 0 Å². The van der Waals surface area contributed by atoms with Gasteiger partial charge >= 0.3 is 0 Å². The number of piperidine rings is 1. The summed E-state index contributed by atoms with van der Waals surface area (Å²) in [5, 5.41) is 0. The fraction of sp³-hybridized carbons (Fsp3) is 0.667. The third kappa shape index (κ3) is 4.32. The number of likely N-dealkylation sites (tertiary alicyclic amines) is 1. The van der Waals surface area contributed by atoms with Gasteiger partial charge < -0.3 is 14.5 Å². The zero-order chi connectivity index (χ0) is 18.7. The number of hydrogen-bond donors (Lipinski definition) is 0. The Bertz CT molecular complexity index is 603. The molecule has 2 aliphatic rings. The molecule has 2 fully saturated rings. The van der Waals surface area contributed by atoms with E-state index in [2.05, 4.69) is 47.6 Å². The Kier molecular flexibility index (Phi) is 6.07. The van der Waals surface area contributed by atoms with Crippen LogP contribution in [0.2, 0.25) is 0 Å². The van der Waals surface area contributed by atoms with Crippen molar-refractivity contribution in [3.63, 3.8) is 0 Å². The molecule has 0 unspecified atom stereocenters. The summed E-state index contributed by atoms with van der Waals surface area (Å²) in [6, 6.07) is 8.19. The number of hydrogen-bond acceptors (Lipinski definition) is 4. The average Bonchev–Trinajstić information content (AvgIpc) is 2.66. The van der Waals surface area contributed by atoms with E-state index in [0.717, 1.165) is 45.0 Å². The van der Waals surface area contributed by atoms with Gasteiger partial charge in [-0.3, -0.25) is 9.69 Å². The molecule has 1 amide bonds. The number of ether oxygens (including phenoxy) is 1. The maximum absolute atomic E-state index is 13.0. The maximum Gasteiger partial charge on any atom is 0.239 e. The summed E-state index contributed by atoms with van der Waals surface area (Å²) in [7, 11) is 1.70. The van der Waals surface area contributed by atoms with Crippen LogP contribution in [0, 0.1) is 11.8 Å². The fourth-order valence-electron chi connectivity index (χ4n) is 4.44. The van der Waals surface area contributed by atoms with E-state index >= 15 is 0 Å². The van der Waals surface area contributed by atoms with Crippen molar-refractivity contribution in [2.75, 3.05) is 51.3 Å². The average molecular weight is 360 g/mol. The minimum Gasteiger partial charge on any atom is -0.497 e. The van der Waals surface area contributed by atoms with E-state index in [1.54, 1.807) is 7.11 Å². The summed E-state index contributed by atoms with van der Waals surface area (Å²) in [5.74, 6) is 2.42. The second-order valence-corrected chi connectivity index (χ2v) is 8.09. The molecule has 0 N–H and O–H groups in total. The molecule has 3 rings (SSSR count). The third-order valence-corrected chi connectivity index (χ3v) is 5.82. The highest BCUT2D eigenvalue weighted by Crippen LogP contribution is 2.24. The smallest absolute Gasteiger partial charge is 0.239 e. The Balaban J connectivity index is 1.56. The van der Waals surface area contributed by atoms with E-state index in [0.29, 0.717) is 17.7 Å². The molecule has 0 saturated carbocycles. The molecule has 2 saturated heterocycles. The zero-order valence-corrected chi connectivity index (χ0v) is 16.6. The maximum atomic E-state index is 13.0. The molecule has 0 spiro atoms. The third-order valence-electron chi connectivity index (χ3n) is 5.82. The summed E-state index contributed by atoms with van der Waals surface area (Å²) in [5.41, 5.74) is 1.20. The molecule has 2 heterocycles. The monoisotopic (exact) mass is 359 g/mol. The predicted octanol–water partition coefficient (Wildman–Crippen LogP) is 2.71. The topological polar surface area (TPSA) is 36.0 Å². The van der Waals surface area contributed by atoms with Gasteiger partial charge in [0.05, 0.1) is 13.2 Å². The van der Waals surface area contributed by atoms with Crippen LogP contribution in [0.1, 0.15) is 27.2 Å². The first-order chi connectivity index (χ1) is 12.5. The molecule has 5 heteroatoms. The lowest BCUT2D eigenvalue weighted by Gasteiger charge is -2.42. The van der Waals surface area contributed by atoms with Gasteiger partial charge in [-0.15, -0.1) is 0 Å². The lowest BCUT2D eigenvalue weighted by Crippen LogP contribution is -2.56. The number of rotatable bonds is 4. The Labute approximate surface area is 157 Å². The fourth-order valence-corrected chi connectivity index (χ4v) is 4.44. The Morgan fingerprint density at radius 1 is 1.12 bits per heavy atom. The van der Waals surface area contributed by atoms with Crippen LogP contribution in [-0.4, -0.2) is 68.1 Å². The molecule has 1 aromatic rings. The molecule has 0 bridgehead atoms. The highest BCUT2D eigenvalue weighted by molar-refractivity contribution is 5.81. The SMILES string of the molecule is COc1cccc(N2CCN([C@H](C)C(=O)N3C[C@H](C)C[C@@H](C)C3)CC2)c1. The standard InChI is InChI=1S/C21H33N3O2/c1-16-12-17(2)15-24(14-16)21(25)18(3)22-8-10-23(11-9-22)19-6-5-7-20(13-19)26-4/h5-7,13,16-18H,8-12,14-15H2,1-4H3/t16-,17-,18-/m1/s1. The van der Waals surface area contributed by atoms with E-state index in [9.17, 15) is 4.79 Å². The number of methoxy groups -OCH3 is 1. The van der Waals surface area contributed by atoms with Gasteiger partial charge in [0.2, 0.25) is 5.91 Å². The molecule has 2 aliphatic heterocycles. The van der Waals surface area contributed by atoms with Crippen LogP contribution in [0.25, 0.3) is 0 Å². The molecule has 3 atom stereocenters. The first kappa shape index (κ1) is 19.0. The molecule has 0 aromatic heterocycles. The summed E-state index contributed by atoms with van der Waals surface area (Å²) < 4.78 is 5.33. The molecule has 5 nitrogen and oxygen atoms in total. The molecular formula is C21H33N3O2. The van der Waals surface area contributed by atoms with Crippen molar-refractivity contribution >= 4 is 11.6 Å². The van der Waals surface area contributed by atoms with Gasteiger partial charge in [-0.05, 0) is 37.3 Å². The molecule has 144 valence electrons. The summed E-state index contributed by atoms with van der Waals surface area (Å²) in [6.45, 7) is 12.1. The zero-order valence-electron chi connectivity index (χ0n) is 16.6. The number of nitrogens with zero attached hydrogens (tertiary/aromatic N) is 3. The second-order valence-electron chi connectivity index (χ2n) is 8.09. The number of amides is 1. The van der Waals surface area contributed by atoms with Crippen LogP contribution in [0.15, 0.2) is 24.3 Å². The van der Waals surface area contributed by atoms with Gasteiger partial charge in [-0.25, -0.2) is 0 Å². The van der Waals surface area contributed by atoms with Crippen molar-refractivity contribution in [3.8, 4) is 5.75 Å². The molecule has 0 aliphatic carbocycles. The lowest BCUT2D eigenvalue weighted by molar-refractivity contribution is -0.139. The first-order valence-corrected chi connectivity index (χ1v) is 9.89. The number of anilines is 1. The number of carbonyl (C=O) groups excluding carboxylic acids is 1. The van der Waals surface area contributed by atoms with E-state index in [4.69, 9.17) is 4.74 Å². The predicted molar refractivity (Wildman–Crippen MR) is 106 cm³/mol. The minimum absolute atomic E-state index is 0.0278. The Morgan fingerprint density at radius 3 is 2.38 bits per heavy atom. The van der Waals surface area contributed by atoms with Gasteiger partial charge in [0.1, 0.15) is 5.75 Å². The molecular weight excluding hydrogens is 326 g/mol. The van der Waals surface area contributed by atoms with Crippen molar-refractivity contribution in [2.45, 2.75) is 33.2 Å². The van der Waals surface area contributed by atoms with Gasteiger partial charge in [0.15, 0.2) is 0 Å². The molecule has 0 radical (unpaired) electrons. The molecule has 26 heavy (non-hydrogen) atoms. The largest absolute Gasteiger partial charge is 0.497 e. The number of carbonyl (C=O) groups is 1. The molecule has 1 aromatic carbocycles. The van der Waals surface area contributed by atoms with E-state index in [-0.39, 0.29) is 6.04 Å². The van der Waals surface area contributed by atoms with Crippen LogP contribution in [0.5, 0.6) is 5.75 Å². The highest BCUT2D eigenvalue weighted by Gasteiger charge is 2.32. The van der Waals surface area contributed by atoms with Crippen molar-refractivity contribution in [1.29, 1.82) is 0 Å². The van der Waals surface area contributed by atoms with Crippen LogP contribution < -0.4 is 9.64 Å². The van der Waals surface area contributed by atoms with Crippen molar-refractivity contribution in [2.24, 2.45) is 11.8 Å². The van der Waals surface area contributed by atoms with Gasteiger partial charge in [0, 0.05) is 51.0 Å². The van der Waals surface area contributed by atoms with Crippen LogP contribution in [-0.2, 0) is 4.79 Å². The van der Waals surface area contributed by atoms with Gasteiger partial charge in [-0.1, -0.05) is 19.9 Å². The van der Waals surface area contributed by atoms with Crippen molar-refractivity contribution in [3.05, 3.63) is 24.3 Å². The van der Waals surface area contributed by atoms with E-state index in [1.807, 2.05) is 12.1 Å². The summed E-state index contributed by atoms with van der Waals surface area (Å²) in [4.78, 5) is 19.8. The Hall–Kier alpha value is -1.75. The van der Waals surface area contributed by atoms with Crippen molar-refractivity contribution < 1.29 is 9.53 Å². The lowest BCUT2D eigenvalue weighted by atomic mass is 9.91. The van der Waals surface area contributed by atoms with Crippen LogP contribution in [0.3, 0.4) is 0 Å². The normalized spacial score (nSPS) is 25.8.